The first-order valence-electron chi connectivity index (χ1n) is 5.53. The molecule has 1 aromatic carbocycles. The second-order valence-corrected chi connectivity index (χ2v) is 4.76. The molecule has 2 rings (SSSR count). The first-order chi connectivity index (χ1) is 9.93. The van der Waals surface area contributed by atoms with Crippen LogP contribution in [-0.2, 0) is 0 Å². The molecule has 110 valence electrons. The van der Waals surface area contributed by atoms with Gasteiger partial charge in [-0.05, 0) is 19.1 Å². The summed E-state index contributed by atoms with van der Waals surface area (Å²) in [6, 6.07) is 1.49. The molecule has 5 nitrogen and oxygen atoms in total. The number of anilines is 1. The summed E-state index contributed by atoms with van der Waals surface area (Å²) in [5.74, 6) is -5.63. The van der Waals surface area contributed by atoms with Crippen molar-refractivity contribution in [3.8, 4) is 0 Å². The molecule has 2 N–H and O–H groups in total. The zero-order valence-corrected chi connectivity index (χ0v) is 11.3. The van der Waals surface area contributed by atoms with Gasteiger partial charge >= 0.3 is 0 Å². The highest BCUT2D eigenvalue weighted by molar-refractivity contribution is 7.14. The number of thiazole rings is 1. The van der Waals surface area contributed by atoms with E-state index in [9.17, 15) is 18.0 Å². The normalized spacial score (nSPS) is 11.5. The molecule has 2 aromatic rings. The SMILES string of the molecule is CC(=NO)c1csc(NC(=O)c2ccc(F)c(F)c2F)n1. The molecule has 0 saturated carbocycles. The largest absolute Gasteiger partial charge is 0.411 e. The fraction of sp³-hybridized carbons (Fsp3) is 0.0833. The van der Waals surface area contributed by atoms with Crippen LogP contribution in [0.15, 0.2) is 22.7 Å². The molecule has 0 spiro atoms. The van der Waals surface area contributed by atoms with Gasteiger partial charge in [0.2, 0.25) is 0 Å². The van der Waals surface area contributed by atoms with E-state index >= 15 is 0 Å². The van der Waals surface area contributed by atoms with E-state index in [1.807, 2.05) is 0 Å². The summed E-state index contributed by atoms with van der Waals surface area (Å²) in [6.07, 6.45) is 0. The van der Waals surface area contributed by atoms with Gasteiger partial charge in [0.1, 0.15) is 11.4 Å². The van der Waals surface area contributed by atoms with Gasteiger partial charge in [-0.3, -0.25) is 10.1 Å². The fourth-order valence-corrected chi connectivity index (χ4v) is 2.16. The Hall–Kier alpha value is -2.42. The minimum Gasteiger partial charge on any atom is -0.411 e. The minimum atomic E-state index is -1.72. The highest BCUT2D eigenvalue weighted by Gasteiger charge is 2.19. The molecular weight excluding hydrogens is 307 g/mol. The predicted octanol–water partition coefficient (Wildman–Crippen LogP) is 3.01. The molecule has 0 aliphatic heterocycles. The molecule has 9 heteroatoms. The number of hydrogen-bond donors (Lipinski definition) is 2. The predicted molar refractivity (Wildman–Crippen MR) is 70.4 cm³/mol. The average Bonchev–Trinajstić information content (AvgIpc) is 2.92. The Bertz CT molecular complexity index is 731. The van der Waals surface area contributed by atoms with Gasteiger partial charge in [-0.2, -0.15) is 0 Å². The topological polar surface area (TPSA) is 74.6 Å². The lowest BCUT2D eigenvalue weighted by Crippen LogP contribution is -2.15. The minimum absolute atomic E-state index is 0.0992. The number of hydrogen-bond acceptors (Lipinski definition) is 5. The van der Waals surface area contributed by atoms with E-state index in [4.69, 9.17) is 5.21 Å². The van der Waals surface area contributed by atoms with Crippen molar-refractivity contribution >= 4 is 28.1 Å². The maximum absolute atomic E-state index is 13.5. The van der Waals surface area contributed by atoms with Crippen LogP contribution in [0.4, 0.5) is 18.3 Å². The highest BCUT2D eigenvalue weighted by atomic mass is 32.1. The van der Waals surface area contributed by atoms with Crippen molar-refractivity contribution in [2.24, 2.45) is 5.16 Å². The van der Waals surface area contributed by atoms with Gasteiger partial charge in [-0.15, -0.1) is 11.3 Å². The second kappa shape index (κ2) is 5.92. The lowest BCUT2D eigenvalue weighted by atomic mass is 10.2. The Morgan fingerprint density at radius 2 is 2.05 bits per heavy atom. The summed E-state index contributed by atoms with van der Waals surface area (Å²) in [5, 5.41) is 15.4. The molecule has 1 heterocycles. The molecule has 0 aliphatic carbocycles. The summed E-state index contributed by atoms with van der Waals surface area (Å²) in [7, 11) is 0. The number of oxime groups is 1. The van der Waals surface area contributed by atoms with Gasteiger partial charge in [0.05, 0.1) is 5.56 Å². The molecular formula is C12H8F3N3O2S. The van der Waals surface area contributed by atoms with Crippen LogP contribution in [0, 0.1) is 17.5 Å². The maximum atomic E-state index is 13.5. The van der Waals surface area contributed by atoms with Crippen LogP contribution in [0.25, 0.3) is 0 Å². The van der Waals surface area contributed by atoms with Crippen LogP contribution in [0.3, 0.4) is 0 Å². The molecule has 21 heavy (non-hydrogen) atoms. The van der Waals surface area contributed by atoms with E-state index in [1.54, 1.807) is 0 Å². The van der Waals surface area contributed by atoms with Crippen LogP contribution in [0.2, 0.25) is 0 Å². The lowest BCUT2D eigenvalue weighted by molar-refractivity contribution is 0.102. The quantitative estimate of drug-likeness (QED) is 0.396. The molecule has 1 amide bonds. The van der Waals surface area contributed by atoms with Gasteiger partial charge in [0, 0.05) is 5.38 Å². The van der Waals surface area contributed by atoms with E-state index in [0.29, 0.717) is 11.8 Å². The third-order valence-corrected chi connectivity index (χ3v) is 3.28. The first kappa shape index (κ1) is 15.0. The van der Waals surface area contributed by atoms with E-state index in [2.05, 4.69) is 15.5 Å². The number of aromatic nitrogens is 1. The summed E-state index contributed by atoms with van der Waals surface area (Å²) >= 11 is 1.00. The van der Waals surface area contributed by atoms with Crippen molar-refractivity contribution < 1.29 is 23.2 Å². The van der Waals surface area contributed by atoms with E-state index < -0.39 is 28.9 Å². The third kappa shape index (κ3) is 3.02. The van der Waals surface area contributed by atoms with Crippen molar-refractivity contribution in [2.75, 3.05) is 5.32 Å². The summed E-state index contributed by atoms with van der Waals surface area (Å²) in [5.41, 5.74) is -0.0903. The van der Waals surface area contributed by atoms with E-state index in [-0.39, 0.29) is 10.8 Å². The molecule has 1 aromatic heterocycles. The number of carbonyl (C=O) groups is 1. The molecule has 0 radical (unpaired) electrons. The van der Waals surface area contributed by atoms with Crippen LogP contribution < -0.4 is 5.32 Å². The van der Waals surface area contributed by atoms with Crippen LogP contribution in [0.1, 0.15) is 23.0 Å². The Morgan fingerprint density at radius 3 is 2.71 bits per heavy atom. The summed E-state index contributed by atoms with van der Waals surface area (Å²) in [4.78, 5) is 15.7. The number of nitrogens with zero attached hydrogens (tertiary/aromatic N) is 2. The third-order valence-electron chi connectivity index (χ3n) is 2.53. The lowest BCUT2D eigenvalue weighted by Gasteiger charge is -2.04. The molecule has 0 fully saturated rings. The summed E-state index contributed by atoms with van der Waals surface area (Å²) in [6.45, 7) is 1.50. The average molecular weight is 315 g/mol. The Morgan fingerprint density at radius 1 is 1.33 bits per heavy atom. The molecule has 0 saturated heterocycles. The number of carbonyl (C=O) groups excluding carboxylic acids is 1. The van der Waals surface area contributed by atoms with Gasteiger partial charge < -0.3 is 5.21 Å². The smallest absolute Gasteiger partial charge is 0.260 e. The zero-order valence-electron chi connectivity index (χ0n) is 10.5. The Labute approximate surface area is 120 Å². The highest BCUT2D eigenvalue weighted by Crippen LogP contribution is 2.19. The van der Waals surface area contributed by atoms with Gasteiger partial charge in [-0.25, -0.2) is 18.2 Å². The van der Waals surface area contributed by atoms with Crippen molar-refractivity contribution in [2.45, 2.75) is 6.92 Å². The van der Waals surface area contributed by atoms with Gasteiger partial charge in [0.25, 0.3) is 5.91 Å². The van der Waals surface area contributed by atoms with Gasteiger partial charge in [-0.1, -0.05) is 5.16 Å². The fourth-order valence-electron chi connectivity index (χ4n) is 1.41. The van der Waals surface area contributed by atoms with E-state index in [1.165, 1.54) is 12.3 Å². The molecule has 0 atom stereocenters. The maximum Gasteiger partial charge on any atom is 0.260 e. The van der Waals surface area contributed by atoms with Crippen LogP contribution in [0.5, 0.6) is 0 Å². The van der Waals surface area contributed by atoms with Crippen LogP contribution in [-0.4, -0.2) is 21.8 Å². The zero-order chi connectivity index (χ0) is 15.6. The molecule has 0 bridgehead atoms. The molecule has 0 unspecified atom stereocenters. The first-order valence-corrected chi connectivity index (χ1v) is 6.41. The molecule has 0 aliphatic rings. The van der Waals surface area contributed by atoms with Crippen molar-refractivity contribution in [3.05, 3.63) is 46.2 Å². The standard InChI is InChI=1S/C12H8F3N3O2S/c1-5(18-20)8-4-21-12(16-8)17-11(19)6-2-3-7(13)10(15)9(6)14/h2-4,20H,1H3,(H,16,17,19). The summed E-state index contributed by atoms with van der Waals surface area (Å²) < 4.78 is 39.3. The number of amides is 1. The number of halogens is 3. The van der Waals surface area contributed by atoms with E-state index in [0.717, 1.165) is 17.4 Å². The Kier molecular flexibility index (Phi) is 4.22. The van der Waals surface area contributed by atoms with Crippen molar-refractivity contribution in [1.82, 2.24) is 4.98 Å². The number of nitrogens with one attached hydrogen (secondary N) is 1. The number of benzene rings is 1. The monoisotopic (exact) mass is 315 g/mol. The van der Waals surface area contributed by atoms with Crippen LogP contribution >= 0.6 is 11.3 Å². The number of rotatable bonds is 3. The Balaban J connectivity index is 2.23. The van der Waals surface area contributed by atoms with Gasteiger partial charge in [0.15, 0.2) is 22.6 Å². The van der Waals surface area contributed by atoms with Crippen molar-refractivity contribution in [3.63, 3.8) is 0 Å². The second-order valence-electron chi connectivity index (χ2n) is 3.90. The van der Waals surface area contributed by atoms with Crippen molar-refractivity contribution in [1.29, 1.82) is 0 Å².